The van der Waals surface area contributed by atoms with Gasteiger partial charge in [0.1, 0.15) is 17.0 Å². The molecule has 1 amide bonds. The van der Waals surface area contributed by atoms with Crippen LogP contribution in [0.5, 0.6) is 0 Å². The maximum Gasteiger partial charge on any atom is 0.261 e. The molecule has 0 aliphatic heterocycles. The average molecular weight is 336 g/mol. The lowest BCUT2D eigenvalue weighted by atomic mass is 10.1. The van der Waals surface area contributed by atoms with Crippen molar-refractivity contribution in [2.24, 2.45) is 0 Å². The van der Waals surface area contributed by atoms with Crippen molar-refractivity contribution in [1.82, 2.24) is 15.3 Å². The first-order chi connectivity index (χ1) is 11.0. The molecule has 1 unspecified atom stereocenters. The molecule has 2 aromatic rings. The van der Waals surface area contributed by atoms with Crippen LogP contribution in [0.4, 0.5) is 5.82 Å². The van der Waals surface area contributed by atoms with E-state index in [0.717, 1.165) is 28.0 Å². The van der Waals surface area contributed by atoms with E-state index in [9.17, 15) is 4.79 Å². The van der Waals surface area contributed by atoms with Crippen LogP contribution in [0, 0.1) is 6.92 Å². The molecular formula is C16H24N4O2S. The Hall–Kier alpha value is -1.73. The predicted molar refractivity (Wildman–Crippen MR) is 94.3 cm³/mol. The van der Waals surface area contributed by atoms with E-state index in [0.29, 0.717) is 11.5 Å². The maximum absolute atomic E-state index is 12.3. The zero-order chi connectivity index (χ0) is 17.0. The molecule has 2 N–H and O–H groups in total. The number of anilines is 1. The van der Waals surface area contributed by atoms with Crippen molar-refractivity contribution in [3.63, 3.8) is 0 Å². The van der Waals surface area contributed by atoms with Gasteiger partial charge in [0.25, 0.3) is 5.91 Å². The molecule has 0 spiro atoms. The highest BCUT2D eigenvalue weighted by Gasteiger charge is 2.20. The largest absolute Gasteiger partial charge is 0.383 e. The molecule has 0 fully saturated rings. The Labute approximate surface area is 140 Å². The minimum atomic E-state index is -0.0598. The molecule has 0 aromatic carbocycles. The second kappa shape index (κ2) is 7.70. The summed E-state index contributed by atoms with van der Waals surface area (Å²) in [7, 11) is 1.68. The molecular weight excluding hydrogens is 312 g/mol. The molecule has 2 rings (SSSR count). The highest BCUT2D eigenvalue weighted by atomic mass is 32.1. The van der Waals surface area contributed by atoms with Gasteiger partial charge in [0.2, 0.25) is 0 Å². The van der Waals surface area contributed by atoms with E-state index < -0.39 is 0 Å². The van der Waals surface area contributed by atoms with Crippen LogP contribution in [-0.4, -0.2) is 41.7 Å². The van der Waals surface area contributed by atoms with Crippen LogP contribution in [0.2, 0.25) is 0 Å². The third kappa shape index (κ3) is 3.97. The summed E-state index contributed by atoms with van der Waals surface area (Å²) in [6, 6.07) is 0.271. The smallest absolute Gasteiger partial charge is 0.261 e. The Kier molecular flexibility index (Phi) is 5.90. The number of carbonyl (C=O) groups excluding carboxylic acids is 1. The number of amides is 1. The second-order valence-corrected chi connectivity index (χ2v) is 6.79. The van der Waals surface area contributed by atoms with Crippen molar-refractivity contribution in [2.75, 3.05) is 19.0 Å². The third-order valence-corrected chi connectivity index (χ3v) is 4.75. The number of methoxy groups -OCH3 is 1. The van der Waals surface area contributed by atoms with Gasteiger partial charge in [0.15, 0.2) is 0 Å². The molecule has 7 heteroatoms. The number of rotatable bonds is 7. The van der Waals surface area contributed by atoms with Crippen LogP contribution < -0.4 is 10.6 Å². The first-order valence-electron chi connectivity index (χ1n) is 7.78. The molecule has 2 aromatic heterocycles. The topological polar surface area (TPSA) is 76.1 Å². The zero-order valence-electron chi connectivity index (χ0n) is 14.3. The Morgan fingerprint density at radius 1 is 1.39 bits per heavy atom. The predicted octanol–water partition coefficient (Wildman–Crippen LogP) is 2.97. The molecule has 0 saturated carbocycles. The number of ether oxygens (including phenoxy) is 1. The quantitative estimate of drug-likeness (QED) is 0.813. The van der Waals surface area contributed by atoms with Crippen LogP contribution in [0.1, 0.15) is 42.4 Å². The summed E-state index contributed by atoms with van der Waals surface area (Å²) in [4.78, 5) is 22.5. The third-order valence-electron chi connectivity index (χ3n) is 3.55. The summed E-state index contributed by atoms with van der Waals surface area (Å²) >= 11 is 1.40. The van der Waals surface area contributed by atoms with Gasteiger partial charge < -0.3 is 15.4 Å². The molecule has 0 saturated heterocycles. The summed E-state index contributed by atoms with van der Waals surface area (Å²) in [5.74, 6) is 0.701. The zero-order valence-corrected chi connectivity index (χ0v) is 15.1. The highest BCUT2D eigenvalue weighted by molar-refractivity contribution is 7.20. The number of fused-ring (bicyclic) bond motifs is 1. The lowest BCUT2D eigenvalue weighted by Gasteiger charge is -2.17. The first kappa shape index (κ1) is 17.6. The molecule has 23 heavy (non-hydrogen) atoms. The Morgan fingerprint density at radius 3 is 2.74 bits per heavy atom. The van der Waals surface area contributed by atoms with Gasteiger partial charge in [0, 0.05) is 13.2 Å². The van der Waals surface area contributed by atoms with Gasteiger partial charge in [-0.15, -0.1) is 11.3 Å². The minimum Gasteiger partial charge on any atom is -0.383 e. The molecule has 2 heterocycles. The SMILES string of the molecule is CCC(COC)Nc1ncnc2sc(C(=O)NC(C)C)c(C)c12. The summed E-state index contributed by atoms with van der Waals surface area (Å²) in [5, 5.41) is 7.26. The lowest BCUT2D eigenvalue weighted by molar-refractivity contribution is 0.0947. The molecule has 0 aliphatic rings. The number of carbonyl (C=O) groups is 1. The van der Waals surface area contributed by atoms with E-state index in [4.69, 9.17) is 4.74 Å². The Bertz CT molecular complexity index is 684. The molecule has 6 nitrogen and oxygen atoms in total. The van der Waals surface area contributed by atoms with Gasteiger partial charge in [-0.05, 0) is 32.8 Å². The molecule has 0 radical (unpaired) electrons. The Morgan fingerprint density at radius 2 is 2.13 bits per heavy atom. The van der Waals surface area contributed by atoms with Crippen LogP contribution in [0.3, 0.4) is 0 Å². The summed E-state index contributed by atoms with van der Waals surface area (Å²) in [5.41, 5.74) is 0.915. The molecule has 0 aliphatic carbocycles. The maximum atomic E-state index is 12.3. The van der Waals surface area contributed by atoms with E-state index in [1.807, 2.05) is 20.8 Å². The normalized spacial score (nSPS) is 12.6. The van der Waals surface area contributed by atoms with Crippen LogP contribution in [0.25, 0.3) is 10.2 Å². The fourth-order valence-electron chi connectivity index (χ4n) is 2.38. The fourth-order valence-corrected chi connectivity index (χ4v) is 3.43. The van der Waals surface area contributed by atoms with Crippen LogP contribution >= 0.6 is 11.3 Å². The van der Waals surface area contributed by atoms with Crippen molar-refractivity contribution < 1.29 is 9.53 Å². The standard InChI is InChI=1S/C16H24N4O2S/c1-6-11(7-22-5)20-14-12-10(4)13(15(21)19-9(2)3)23-16(12)18-8-17-14/h8-9,11H,6-7H2,1-5H3,(H,19,21)(H,17,18,20). The van der Waals surface area contributed by atoms with Gasteiger partial charge in [0.05, 0.1) is 22.9 Å². The fraction of sp³-hybridized carbons (Fsp3) is 0.562. The number of hydrogen-bond acceptors (Lipinski definition) is 6. The van der Waals surface area contributed by atoms with E-state index in [2.05, 4.69) is 27.5 Å². The van der Waals surface area contributed by atoms with E-state index in [1.165, 1.54) is 17.7 Å². The van der Waals surface area contributed by atoms with E-state index in [1.54, 1.807) is 7.11 Å². The van der Waals surface area contributed by atoms with Crippen molar-refractivity contribution in [3.8, 4) is 0 Å². The summed E-state index contributed by atoms with van der Waals surface area (Å²) in [6.45, 7) is 8.54. The second-order valence-electron chi connectivity index (χ2n) is 5.79. The molecule has 126 valence electrons. The number of thiophene rings is 1. The number of nitrogens with one attached hydrogen (secondary N) is 2. The number of aryl methyl sites for hydroxylation is 1. The highest BCUT2D eigenvalue weighted by Crippen LogP contribution is 2.33. The van der Waals surface area contributed by atoms with Gasteiger partial charge >= 0.3 is 0 Å². The van der Waals surface area contributed by atoms with Crippen molar-refractivity contribution in [2.45, 2.75) is 46.2 Å². The van der Waals surface area contributed by atoms with Gasteiger partial charge in [-0.1, -0.05) is 6.92 Å². The lowest BCUT2D eigenvalue weighted by Crippen LogP contribution is -2.29. The van der Waals surface area contributed by atoms with Gasteiger partial charge in [-0.2, -0.15) is 0 Å². The number of hydrogen-bond donors (Lipinski definition) is 2. The molecule has 0 bridgehead atoms. The van der Waals surface area contributed by atoms with E-state index in [-0.39, 0.29) is 18.0 Å². The first-order valence-corrected chi connectivity index (χ1v) is 8.60. The number of aromatic nitrogens is 2. The number of nitrogens with zero attached hydrogens (tertiary/aromatic N) is 2. The molecule has 1 atom stereocenters. The van der Waals surface area contributed by atoms with Crippen molar-refractivity contribution in [3.05, 3.63) is 16.8 Å². The van der Waals surface area contributed by atoms with Crippen LogP contribution in [0.15, 0.2) is 6.33 Å². The summed E-state index contributed by atoms with van der Waals surface area (Å²) in [6.07, 6.45) is 2.45. The monoisotopic (exact) mass is 336 g/mol. The summed E-state index contributed by atoms with van der Waals surface area (Å²) < 4.78 is 5.23. The van der Waals surface area contributed by atoms with Crippen molar-refractivity contribution >= 4 is 33.3 Å². The van der Waals surface area contributed by atoms with Crippen molar-refractivity contribution in [1.29, 1.82) is 0 Å². The van der Waals surface area contributed by atoms with Crippen LogP contribution in [-0.2, 0) is 4.74 Å². The van der Waals surface area contributed by atoms with Gasteiger partial charge in [-0.3, -0.25) is 4.79 Å². The average Bonchev–Trinajstić information content (AvgIpc) is 2.84. The van der Waals surface area contributed by atoms with Gasteiger partial charge in [-0.25, -0.2) is 9.97 Å². The minimum absolute atomic E-state index is 0.0598. The Balaban J connectivity index is 2.40. The van der Waals surface area contributed by atoms with E-state index >= 15 is 0 Å².